The van der Waals surface area contributed by atoms with Crippen molar-refractivity contribution in [2.24, 2.45) is 34.6 Å². The third-order valence-corrected chi connectivity index (χ3v) is 7.07. The quantitative estimate of drug-likeness (QED) is 0.211. The molecule has 176 valence electrons. The summed E-state index contributed by atoms with van der Waals surface area (Å²) in [5.74, 6) is -1.90. The molecule has 6 atom stereocenters. The van der Waals surface area contributed by atoms with Gasteiger partial charge in [-0.05, 0) is 42.4 Å². The standard InChI is InChI=1S/C21H33N7O4/c1-21(2)12-10-28(20(32)13(23)9-25-6-3-5-22)16(15(12)21)19(31)27-14(17(24)29)8-11-4-7-26-18(11)30/h3,5-6,11-16,22,25H,4,7-10,23H2,1-2H3,(H2,24,29)(H,26,30)(H,27,31)/b6-3-,22-5?/t11-,12-,13-,14-,15-,16-/m0/s1. The van der Waals surface area contributed by atoms with Gasteiger partial charge in [-0.15, -0.1) is 0 Å². The van der Waals surface area contributed by atoms with Crippen LogP contribution in [0.25, 0.3) is 0 Å². The second kappa shape index (κ2) is 9.27. The van der Waals surface area contributed by atoms with E-state index in [-0.39, 0.29) is 47.9 Å². The van der Waals surface area contributed by atoms with Crippen molar-refractivity contribution in [1.29, 1.82) is 5.41 Å². The van der Waals surface area contributed by atoms with E-state index in [0.29, 0.717) is 19.5 Å². The molecule has 0 spiro atoms. The van der Waals surface area contributed by atoms with E-state index in [1.807, 2.05) is 0 Å². The molecule has 0 aromatic rings. The Kier molecular flexibility index (Phi) is 6.87. The van der Waals surface area contributed by atoms with E-state index in [2.05, 4.69) is 29.8 Å². The third kappa shape index (κ3) is 4.62. The summed E-state index contributed by atoms with van der Waals surface area (Å²) < 4.78 is 0. The summed E-state index contributed by atoms with van der Waals surface area (Å²) >= 11 is 0. The van der Waals surface area contributed by atoms with E-state index in [9.17, 15) is 19.2 Å². The number of carbonyl (C=O) groups excluding carboxylic acids is 4. The molecule has 0 aromatic carbocycles. The molecule has 32 heavy (non-hydrogen) atoms. The van der Waals surface area contributed by atoms with Crippen LogP contribution in [0.1, 0.15) is 26.7 Å². The maximum absolute atomic E-state index is 13.3. The Labute approximate surface area is 187 Å². The molecule has 0 aromatic heterocycles. The number of nitrogens with two attached hydrogens (primary N) is 2. The minimum absolute atomic E-state index is 0.0345. The minimum Gasteiger partial charge on any atom is -0.389 e. The number of nitrogens with one attached hydrogen (secondary N) is 4. The first-order valence-electron chi connectivity index (χ1n) is 10.9. The van der Waals surface area contributed by atoms with Gasteiger partial charge in [0, 0.05) is 31.8 Å². The van der Waals surface area contributed by atoms with Crippen LogP contribution in [-0.4, -0.2) is 72.5 Å². The van der Waals surface area contributed by atoms with E-state index in [1.165, 1.54) is 17.2 Å². The number of hydrogen-bond donors (Lipinski definition) is 6. The second-order valence-electron chi connectivity index (χ2n) is 9.41. The fraction of sp³-hybridized carbons (Fsp3) is 0.667. The van der Waals surface area contributed by atoms with Crippen LogP contribution in [0.2, 0.25) is 0 Å². The molecular weight excluding hydrogens is 414 g/mol. The molecule has 2 aliphatic heterocycles. The number of fused-ring (bicyclic) bond motifs is 1. The molecule has 1 aliphatic carbocycles. The van der Waals surface area contributed by atoms with Crippen molar-refractivity contribution in [2.75, 3.05) is 19.6 Å². The first-order valence-corrected chi connectivity index (χ1v) is 10.9. The lowest BCUT2D eigenvalue weighted by Gasteiger charge is -2.32. The van der Waals surface area contributed by atoms with Crippen LogP contribution in [-0.2, 0) is 19.2 Å². The van der Waals surface area contributed by atoms with Crippen LogP contribution in [0.3, 0.4) is 0 Å². The maximum Gasteiger partial charge on any atom is 0.243 e. The molecule has 1 saturated carbocycles. The van der Waals surface area contributed by atoms with Gasteiger partial charge in [-0.1, -0.05) is 13.8 Å². The van der Waals surface area contributed by atoms with Gasteiger partial charge in [-0.25, -0.2) is 0 Å². The molecule has 0 bridgehead atoms. The Hall–Kier alpha value is -2.95. The molecule has 2 heterocycles. The number of carbonyl (C=O) groups is 4. The van der Waals surface area contributed by atoms with Crippen LogP contribution < -0.4 is 27.4 Å². The summed E-state index contributed by atoms with van der Waals surface area (Å²) in [6, 6.07) is -2.60. The molecule has 0 unspecified atom stereocenters. The van der Waals surface area contributed by atoms with Crippen molar-refractivity contribution >= 4 is 29.8 Å². The maximum atomic E-state index is 13.3. The van der Waals surface area contributed by atoms with Crippen molar-refractivity contribution in [3.63, 3.8) is 0 Å². The van der Waals surface area contributed by atoms with Gasteiger partial charge < -0.3 is 37.7 Å². The normalized spacial score (nSPS) is 29.7. The molecule has 11 heteroatoms. The topological polar surface area (TPSA) is 184 Å². The second-order valence-corrected chi connectivity index (χ2v) is 9.41. The van der Waals surface area contributed by atoms with Gasteiger partial charge in [0.2, 0.25) is 23.6 Å². The van der Waals surface area contributed by atoms with Crippen molar-refractivity contribution in [3.8, 4) is 0 Å². The fourth-order valence-electron chi connectivity index (χ4n) is 5.08. The Morgan fingerprint density at radius 1 is 1.38 bits per heavy atom. The van der Waals surface area contributed by atoms with Gasteiger partial charge in [-0.2, -0.15) is 0 Å². The van der Waals surface area contributed by atoms with Gasteiger partial charge in [0.15, 0.2) is 0 Å². The summed E-state index contributed by atoms with van der Waals surface area (Å²) in [5.41, 5.74) is 11.5. The van der Waals surface area contributed by atoms with Gasteiger partial charge >= 0.3 is 0 Å². The number of amides is 4. The van der Waals surface area contributed by atoms with E-state index in [0.717, 1.165) is 6.21 Å². The Bertz CT molecular complexity index is 827. The minimum atomic E-state index is -0.990. The SMILES string of the molecule is CC1(C)[C@@H]2[C@@H](C(=O)N[C@@H](C[C@@H]3CCNC3=O)C(N)=O)N(C(=O)[C@@H](N)CN/C=C\C=N)C[C@@H]21. The molecule has 3 fully saturated rings. The Morgan fingerprint density at radius 3 is 2.69 bits per heavy atom. The van der Waals surface area contributed by atoms with Crippen LogP contribution in [0.4, 0.5) is 0 Å². The third-order valence-electron chi connectivity index (χ3n) is 7.07. The molecule has 2 saturated heterocycles. The zero-order valence-electron chi connectivity index (χ0n) is 18.5. The van der Waals surface area contributed by atoms with Crippen molar-refractivity contribution in [3.05, 3.63) is 12.3 Å². The lowest BCUT2D eigenvalue weighted by Crippen LogP contribution is -2.58. The zero-order chi connectivity index (χ0) is 23.6. The Morgan fingerprint density at radius 2 is 2.09 bits per heavy atom. The highest BCUT2D eigenvalue weighted by Crippen LogP contribution is 2.64. The Balaban J connectivity index is 1.69. The zero-order valence-corrected chi connectivity index (χ0v) is 18.5. The lowest BCUT2D eigenvalue weighted by atomic mass is 9.96. The highest BCUT2D eigenvalue weighted by molar-refractivity contribution is 5.94. The summed E-state index contributed by atoms with van der Waals surface area (Å²) in [5, 5.41) is 15.2. The highest BCUT2D eigenvalue weighted by Gasteiger charge is 2.69. The number of likely N-dealkylation sites (tertiary alicyclic amines) is 1. The fourth-order valence-corrected chi connectivity index (χ4v) is 5.08. The predicted molar refractivity (Wildman–Crippen MR) is 117 cm³/mol. The van der Waals surface area contributed by atoms with E-state index < -0.39 is 29.9 Å². The monoisotopic (exact) mass is 447 g/mol. The van der Waals surface area contributed by atoms with Crippen molar-refractivity contribution in [1.82, 2.24) is 20.9 Å². The van der Waals surface area contributed by atoms with Crippen molar-refractivity contribution in [2.45, 2.75) is 44.8 Å². The number of hydrogen-bond acceptors (Lipinski definition) is 7. The number of nitrogens with zero attached hydrogens (tertiary/aromatic N) is 1. The molecule has 11 nitrogen and oxygen atoms in total. The molecule has 4 amide bonds. The summed E-state index contributed by atoms with van der Waals surface area (Å²) in [6.07, 6.45) is 4.80. The number of primary amides is 1. The van der Waals surface area contributed by atoms with Gasteiger partial charge in [0.05, 0.1) is 0 Å². The van der Waals surface area contributed by atoms with Gasteiger partial charge in [0.25, 0.3) is 0 Å². The van der Waals surface area contributed by atoms with Crippen molar-refractivity contribution < 1.29 is 19.2 Å². The van der Waals surface area contributed by atoms with E-state index in [4.69, 9.17) is 16.9 Å². The van der Waals surface area contributed by atoms with Crippen LogP contribution in [0.5, 0.6) is 0 Å². The highest BCUT2D eigenvalue weighted by atomic mass is 16.2. The summed E-state index contributed by atoms with van der Waals surface area (Å²) in [6.45, 7) is 5.23. The van der Waals surface area contributed by atoms with Crippen LogP contribution >= 0.6 is 0 Å². The van der Waals surface area contributed by atoms with Gasteiger partial charge in [-0.3, -0.25) is 19.2 Å². The molecular formula is C21H33N7O4. The first kappa shape index (κ1) is 23.7. The first-order chi connectivity index (χ1) is 15.1. The predicted octanol–water partition coefficient (Wildman–Crippen LogP) is -1.95. The molecule has 3 rings (SSSR count). The number of rotatable bonds is 10. The smallest absolute Gasteiger partial charge is 0.243 e. The lowest BCUT2D eigenvalue weighted by molar-refractivity contribution is -0.142. The average molecular weight is 448 g/mol. The number of piperidine rings is 1. The summed E-state index contributed by atoms with van der Waals surface area (Å²) in [7, 11) is 0. The molecule has 8 N–H and O–H groups in total. The van der Waals surface area contributed by atoms with Gasteiger partial charge in [0.1, 0.15) is 18.1 Å². The van der Waals surface area contributed by atoms with E-state index in [1.54, 1.807) is 0 Å². The van der Waals surface area contributed by atoms with E-state index >= 15 is 0 Å². The largest absolute Gasteiger partial charge is 0.389 e. The molecule has 3 aliphatic rings. The van der Waals surface area contributed by atoms with Crippen LogP contribution in [0.15, 0.2) is 12.3 Å². The van der Waals surface area contributed by atoms with Crippen LogP contribution in [0, 0.1) is 28.6 Å². The average Bonchev–Trinajstić information content (AvgIpc) is 3.11. The molecule has 0 radical (unpaired) electrons. The number of allylic oxidation sites excluding steroid dienone is 1. The summed E-state index contributed by atoms with van der Waals surface area (Å²) in [4.78, 5) is 51.7.